The van der Waals surface area contributed by atoms with Crippen molar-refractivity contribution in [2.45, 2.75) is 13.3 Å². The zero-order valence-electron chi connectivity index (χ0n) is 9.80. The summed E-state index contributed by atoms with van der Waals surface area (Å²) in [6, 6.07) is 0. The van der Waals surface area contributed by atoms with Crippen LogP contribution in [0.25, 0.3) is 0 Å². The Morgan fingerprint density at radius 1 is 1.12 bits per heavy atom. The molecule has 0 aliphatic rings. The summed E-state index contributed by atoms with van der Waals surface area (Å²) in [5, 5.41) is 14.3. The van der Waals surface area contributed by atoms with E-state index in [1.807, 2.05) is 6.92 Å². The fourth-order valence-corrected chi connectivity index (χ4v) is 0.697. The van der Waals surface area contributed by atoms with Gasteiger partial charge in [0, 0.05) is 14.1 Å². The summed E-state index contributed by atoms with van der Waals surface area (Å²) in [5.74, 6) is 0. The van der Waals surface area contributed by atoms with E-state index in [0.717, 1.165) is 12.1 Å². The summed E-state index contributed by atoms with van der Waals surface area (Å²) in [5.41, 5.74) is 6.06. The van der Waals surface area contributed by atoms with Crippen LogP contribution in [0.4, 0.5) is 0 Å². The van der Waals surface area contributed by atoms with E-state index < -0.39 is 0 Å². The zero-order chi connectivity index (χ0) is 12.4. The molecule has 4 N–H and O–H groups in total. The van der Waals surface area contributed by atoms with Gasteiger partial charge in [-0.05, 0) is 30.9 Å². The third-order valence-electron chi connectivity index (χ3n) is 1.50. The standard InChI is InChI=1S/C8H16N6S2.Cu/c1-4-6(12-14-8(16)10-3)5-11-13-7(15)9-2;/h5H,4H2,1-3H3,(H2,9,13,15)(H2,10,14,16);/q;+2. The maximum absolute atomic E-state index is 4.87. The van der Waals surface area contributed by atoms with Crippen LogP contribution in [0.5, 0.6) is 0 Å². The van der Waals surface area contributed by atoms with Crippen molar-refractivity contribution in [2.24, 2.45) is 10.2 Å². The molecule has 9 heteroatoms. The molecule has 6 nitrogen and oxygen atoms in total. The smallest absolute Gasteiger partial charge is 0.364 e. The number of hydrogen-bond donors (Lipinski definition) is 4. The zero-order valence-corrected chi connectivity index (χ0v) is 12.4. The number of nitrogens with zero attached hydrogens (tertiary/aromatic N) is 2. The molecule has 0 rings (SSSR count). The van der Waals surface area contributed by atoms with E-state index in [-0.39, 0.29) is 17.1 Å². The van der Waals surface area contributed by atoms with Gasteiger partial charge in [0.2, 0.25) is 0 Å². The Kier molecular flexibility index (Phi) is 12.8. The molecular weight excluding hydrogens is 308 g/mol. The topological polar surface area (TPSA) is 72.8 Å². The molecule has 0 amide bonds. The quantitative estimate of drug-likeness (QED) is 0.251. The summed E-state index contributed by atoms with van der Waals surface area (Å²) in [6.07, 6.45) is 2.31. The largest absolute Gasteiger partial charge is 2.00 e. The summed E-state index contributed by atoms with van der Waals surface area (Å²) in [7, 11) is 3.43. The van der Waals surface area contributed by atoms with E-state index in [0.29, 0.717) is 10.2 Å². The third-order valence-corrected chi connectivity index (χ3v) is 2.09. The van der Waals surface area contributed by atoms with E-state index >= 15 is 0 Å². The van der Waals surface area contributed by atoms with Crippen LogP contribution in [-0.4, -0.2) is 36.2 Å². The van der Waals surface area contributed by atoms with Gasteiger partial charge in [0.15, 0.2) is 10.2 Å². The van der Waals surface area contributed by atoms with E-state index in [9.17, 15) is 0 Å². The van der Waals surface area contributed by atoms with Crippen LogP contribution in [0.1, 0.15) is 13.3 Å². The van der Waals surface area contributed by atoms with Crippen molar-refractivity contribution in [1.82, 2.24) is 21.5 Å². The van der Waals surface area contributed by atoms with Crippen molar-refractivity contribution in [3.8, 4) is 0 Å². The van der Waals surface area contributed by atoms with Crippen molar-refractivity contribution < 1.29 is 17.1 Å². The van der Waals surface area contributed by atoms with Crippen LogP contribution in [-0.2, 0) is 17.1 Å². The molecule has 0 unspecified atom stereocenters. The van der Waals surface area contributed by atoms with Crippen LogP contribution in [0, 0.1) is 0 Å². The Bertz CT molecular complexity index is 304. The first-order valence-electron chi connectivity index (χ1n) is 4.69. The summed E-state index contributed by atoms with van der Waals surface area (Å²) in [4.78, 5) is 0. The minimum absolute atomic E-state index is 0. The minimum atomic E-state index is 0. The molecule has 0 aromatic heterocycles. The van der Waals surface area contributed by atoms with Crippen LogP contribution in [0.2, 0.25) is 0 Å². The van der Waals surface area contributed by atoms with E-state index in [4.69, 9.17) is 24.4 Å². The van der Waals surface area contributed by atoms with Crippen LogP contribution in [0.3, 0.4) is 0 Å². The van der Waals surface area contributed by atoms with Gasteiger partial charge in [-0.25, -0.2) is 0 Å². The number of nitrogens with one attached hydrogen (secondary N) is 4. The first-order valence-corrected chi connectivity index (χ1v) is 5.50. The fourth-order valence-electron chi connectivity index (χ4n) is 0.599. The second kappa shape index (κ2) is 11.7. The Morgan fingerprint density at radius 2 is 1.65 bits per heavy atom. The molecule has 0 saturated carbocycles. The molecule has 0 saturated heterocycles. The molecule has 0 aromatic carbocycles. The molecule has 99 valence electrons. The summed E-state index contributed by atoms with van der Waals surface area (Å²) >= 11 is 9.72. The number of hydrogen-bond acceptors (Lipinski definition) is 4. The molecular formula is C8H16CuN6S2+2. The molecule has 0 spiro atoms. The number of thiocarbonyl (C=S) groups is 2. The summed E-state index contributed by atoms with van der Waals surface area (Å²) in [6.45, 7) is 1.96. The predicted molar refractivity (Wildman–Crippen MR) is 75.8 cm³/mol. The van der Waals surface area contributed by atoms with E-state index in [1.165, 1.54) is 0 Å². The van der Waals surface area contributed by atoms with E-state index in [1.54, 1.807) is 20.3 Å². The molecule has 0 fully saturated rings. The molecule has 0 atom stereocenters. The molecule has 0 aromatic rings. The van der Waals surface area contributed by atoms with E-state index in [2.05, 4.69) is 31.7 Å². The van der Waals surface area contributed by atoms with Crippen molar-refractivity contribution in [3.63, 3.8) is 0 Å². The maximum Gasteiger partial charge on any atom is 2.00 e. The van der Waals surface area contributed by atoms with Gasteiger partial charge >= 0.3 is 17.1 Å². The molecule has 0 aliphatic carbocycles. The first-order chi connectivity index (χ1) is 7.63. The van der Waals surface area contributed by atoms with Crippen molar-refractivity contribution in [2.75, 3.05) is 14.1 Å². The van der Waals surface area contributed by atoms with Gasteiger partial charge in [-0.1, -0.05) is 6.92 Å². The Morgan fingerprint density at radius 3 is 2.12 bits per heavy atom. The first kappa shape index (κ1) is 18.6. The maximum atomic E-state index is 4.87. The molecule has 0 aliphatic heterocycles. The number of hydrazone groups is 2. The van der Waals surface area contributed by atoms with Crippen molar-refractivity contribution in [3.05, 3.63) is 0 Å². The van der Waals surface area contributed by atoms with Gasteiger partial charge in [-0.3, -0.25) is 10.9 Å². The monoisotopic (exact) mass is 323 g/mol. The Balaban J connectivity index is 0. The van der Waals surface area contributed by atoms with Gasteiger partial charge < -0.3 is 10.6 Å². The van der Waals surface area contributed by atoms with Gasteiger partial charge in [-0.15, -0.1) is 0 Å². The normalized spacial score (nSPS) is 10.4. The van der Waals surface area contributed by atoms with Gasteiger partial charge in [0.25, 0.3) is 0 Å². The Labute approximate surface area is 123 Å². The second-order valence-electron chi connectivity index (χ2n) is 2.60. The van der Waals surface area contributed by atoms with Crippen molar-refractivity contribution in [1.29, 1.82) is 0 Å². The Hall–Kier alpha value is -0.761. The average Bonchev–Trinajstić information content (AvgIpc) is 2.32. The van der Waals surface area contributed by atoms with Crippen LogP contribution >= 0.6 is 24.4 Å². The fraction of sp³-hybridized carbons (Fsp3) is 0.500. The van der Waals surface area contributed by atoms with Crippen molar-refractivity contribution >= 4 is 46.6 Å². The molecule has 0 bridgehead atoms. The van der Waals surface area contributed by atoms with Gasteiger partial charge in [-0.2, -0.15) is 10.2 Å². The molecule has 1 radical (unpaired) electrons. The average molecular weight is 324 g/mol. The van der Waals surface area contributed by atoms with Crippen LogP contribution < -0.4 is 21.5 Å². The van der Waals surface area contributed by atoms with Crippen LogP contribution in [0.15, 0.2) is 10.2 Å². The minimum Gasteiger partial charge on any atom is -0.364 e. The van der Waals surface area contributed by atoms with Gasteiger partial charge in [0.05, 0.1) is 11.9 Å². The number of rotatable bonds is 4. The molecule has 17 heavy (non-hydrogen) atoms. The third kappa shape index (κ3) is 10.1. The molecule has 0 heterocycles. The predicted octanol–water partition coefficient (Wildman–Crippen LogP) is -0.0765. The second-order valence-corrected chi connectivity index (χ2v) is 3.41. The summed E-state index contributed by atoms with van der Waals surface area (Å²) < 4.78 is 0. The SMILES string of the molecule is CCC(C=NNC(=S)NC)=NNC(=S)NC.[Cu+2]. The van der Waals surface area contributed by atoms with Gasteiger partial charge in [0.1, 0.15) is 0 Å².